The minimum absolute atomic E-state index is 0.314. The maximum Gasteiger partial charge on any atom is 0.271 e. The highest BCUT2D eigenvalue weighted by molar-refractivity contribution is 6.10. The van der Waals surface area contributed by atoms with Crippen LogP contribution in [0.15, 0.2) is 65.8 Å². The van der Waals surface area contributed by atoms with Gasteiger partial charge in [0.25, 0.3) is 5.91 Å². The molecule has 0 fully saturated rings. The number of carbonyl (C=O) groups is 1. The van der Waals surface area contributed by atoms with E-state index in [2.05, 4.69) is 10.5 Å². The summed E-state index contributed by atoms with van der Waals surface area (Å²) in [6, 6.07) is 19.1. The molecule has 0 bridgehead atoms. The lowest BCUT2D eigenvalue weighted by Gasteiger charge is -2.09. The molecule has 0 saturated carbocycles. The Labute approximate surface area is 152 Å². The van der Waals surface area contributed by atoms with E-state index in [0.717, 1.165) is 22.0 Å². The summed E-state index contributed by atoms with van der Waals surface area (Å²) in [7, 11) is 3.08. The number of benzene rings is 3. The monoisotopic (exact) mass is 348 g/mol. The predicted molar refractivity (Wildman–Crippen MR) is 103 cm³/mol. The molecule has 3 aromatic carbocycles. The SMILES string of the molecule is COc1ccc(C(=O)N/N=C(\C)c2cccc3ccccc23)cc1OC. The average Bonchev–Trinajstić information content (AvgIpc) is 2.70. The van der Waals surface area contributed by atoms with Gasteiger partial charge in [0.2, 0.25) is 0 Å². The van der Waals surface area contributed by atoms with Crippen molar-refractivity contribution in [3.63, 3.8) is 0 Å². The highest BCUT2D eigenvalue weighted by Crippen LogP contribution is 2.27. The van der Waals surface area contributed by atoms with Crippen molar-refractivity contribution in [2.24, 2.45) is 5.10 Å². The fourth-order valence-corrected chi connectivity index (χ4v) is 2.78. The van der Waals surface area contributed by atoms with Crippen LogP contribution in [0.3, 0.4) is 0 Å². The van der Waals surface area contributed by atoms with Crippen LogP contribution < -0.4 is 14.9 Å². The van der Waals surface area contributed by atoms with E-state index in [-0.39, 0.29) is 5.91 Å². The van der Waals surface area contributed by atoms with Crippen molar-refractivity contribution < 1.29 is 14.3 Å². The van der Waals surface area contributed by atoms with Gasteiger partial charge in [0.1, 0.15) is 0 Å². The third kappa shape index (κ3) is 3.52. The minimum atomic E-state index is -0.314. The van der Waals surface area contributed by atoms with Gasteiger partial charge in [0, 0.05) is 11.1 Å². The van der Waals surface area contributed by atoms with Crippen LogP contribution in [0.2, 0.25) is 0 Å². The lowest BCUT2D eigenvalue weighted by molar-refractivity contribution is 0.0954. The van der Waals surface area contributed by atoms with Gasteiger partial charge in [0.05, 0.1) is 19.9 Å². The van der Waals surface area contributed by atoms with Gasteiger partial charge in [-0.2, -0.15) is 5.10 Å². The summed E-state index contributed by atoms with van der Waals surface area (Å²) in [5.41, 5.74) is 4.76. The third-order valence-electron chi connectivity index (χ3n) is 4.15. The maximum atomic E-state index is 12.4. The summed E-state index contributed by atoms with van der Waals surface area (Å²) < 4.78 is 10.4. The molecule has 3 aromatic rings. The van der Waals surface area contributed by atoms with Gasteiger partial charge in [-0.15, -0.1) is 0 Å². The fourth-order valence-electron chi connectivity index (χ4n) is 2.78. The van der Waals surface area contributed by atoms with Gasteiger partial charge in [-0.25, -0.2) is 5.43 Å². The van der Waals surface area contributed by atoms with Crippen molar-refractivity contribution >= 4 is 22.4 Å². The van der Waals surface area contributed by atoms with Crippen LogP contribution >= 0.6 is 0 Å². The van der Waals surface area contributed by atoms with Crippen LogP contribution in [-0.2, 0) is 0 Å². The molecule has 0 aliphatic carbocycles. The van der Waals surface area contributed by atoms with Gasteiger partial charge >= 0.3 is 0 Å². The molecule has 5 nitrogen and oxygen atoms in total. The van der Waals surface area contributed by atoms with Gasteiger partial charge in [-0.1, -0.05) is 42.5 Å². The molecule has 0 spiro atoms. The molecule has 0 radical (unpaired) electrons. The summed E-state index contributed by atoms with van der Waals surface area (Å²) in [5, 5.41) is 6.49. The van der Waals surface area contributed by atoms with Crippen molar-refractivity contribution in [2.45, 2.75) is 6.92 Å². The molecule has 0 aliphatic heterocycles. The predicted octanol–water partition coefficient (Wildman–Crippen LogP) is 4.01. The lowest BCUT2D eigenvalue weighted by Crippen LogP contribution is -2.19. The molecule has 26 heavy (non-hydrogen) atoms. The topological polar surface area (TPSA) is 59.9 Å². The lowest BCUT2D eigenvalue weighted by atomic mass is 10.0. The molecule has 3 rings (SSSR count). The second kappa shape index (κ2) is 7.70. The van der Waals surface area contributed by atoms with E-state index in [9.17, 15) is 4.79 Å². The first kappa shape index (κ1) is 17.5. The summed E-state index contributed by atoms with van der Waals surface area (Å²) >= 11 is 0. The fraction of sp³-hybridized carbons (Fsp3) is 0.143. The number of amides is 1. The van der Waals surface area contributed by atoms with Crippen molar-refractivity contribution in [1.29, 1.82) is 0 Å². The first-order valence-corrected chi connectivity index (χ1v) is 8.19. The van der Waals surface area contributed by atoms with Crippen molar-refractivity contribution in [3.05, 3.63) is 71.8 Å². The number of carbonyl (C=O) groups excluding carboxylic acids is 1. The Hall–Kier alpha value is -3.34. The van der Waals surface area contributed by atoms with Gasteiger partial charge < -0.3 is 9.47 Å². The highest BCUT2D eigenvalue weighted by Gasteiger charge is 2.11. The molecular weight excluding hydrogens is 328 g/mol. The minimum Gasteiger partial charge on any atom is -0.493 e. The molecule has 132 valence electrons. The van der Waals surface area contributed by atoms with E-state index in [1.807, 2.05) is 49.4 Å². The van der Waals surface area contributed by atoms with Crippen LogP contribution in [0.25, 0.3) is 10.8 Å². The molecule has 0 unspecified atom stereocenters. The van der Waals surface area contributed by atoms with E-state index in [0.29, 0.717) is 17.1 Å². The Morgan fingerprint density at radius 1 is 0.923 bits per heavy atom. The molecule has 0 aliphatic rings. The Bertz CT molecular complexity index is 975. The number of nitrogens with zero attached hydrogens (tertiary/aromatic N) is 1. The van der Waals surface area contributed by atoms with E-state index < -0.39 is 0 Å². The summed E-state index contributed by atoms with van der Waals surface area (Å²) in [5.74, 6) is 0.750. The number of hydrogen-bond donors (Lipinski definition) is 1. The van der Waals surface area contributed by atoms with Crippen molar-refractivity contribution in [1.82, 2.24) is 5.43 Å². The van der Waals surface area contributed by atoms with Crippen LogP contribution in [0, 0.1) is 0 Å². The number of methoxy groups -OCH3 is 2. The Balaban J connectivity index is 1.83. The third-order valence-corrected chi connectivity index (χ3v) is 4.15. The molecule has 0 saturated heterocycles. The van der Waals surface area contributed by atoms with Gasteiger partial charge in [-0.05, 0) is 35.9 Å². The molecule has 5 heteroatoms. The highest BCUT2D eigenvalue weighted by atomic mass is 16.5. The first-order valence-electron chi connectivity index (χ1n) is 8.19. The van der Waals surface area contributed by atoms with Crippen LogP contribution in [0.4, 0.5) is 0 Å². The van der Waals surface area contributed by atoms with Crippen molar-refractivity contribution in [3.8, 4) is 11.5 Å². The van der Waals surface area contributed by atoms with E-state index in [1.165, 1.54) is 7.11 Å². The Kier molecular flexibility index (Phi) is 5.17. The average molecular weight is 348 g/mol. The Morgan fingerprint density at radius 2 is 1.65 bits per heavy atom. The first-order chi connectivity index (χ1) is 12.6. The number of nitrogens with one attached hydrogen (secondary N) is 1. The normalized spacial score (nSPS) is 11.3. The molecule has 0 atom stereocenters. The maximum absolute atomic E-state index is 12.4. The summed E-state index contributed by atoms with van der Waals surface area (Å²) in [6.45, 7) is 1.87. The van der Waals surface area contributed by atoms with E-state index in [4.69, 9.17) is 9.47 Å². The Morgan fingerprint density at radius 3 is 2.42 bits per heavy atom. The molecule has 0 aromatic heterocycles. The quantitative estimate of drug-likeness (QED) is 0.560. The second-order valence-corrected chi connectivity index (χ2v) is 5.73. The standard InChI is InChI=1S/C21H20N2O3/c1-14(17-10-6-8-15-7-4-5-9-18(15)17)22-23-21(24)16-11-12-19(25-2)20(13-16)26-3/h4-13H,1-3H3,(H,23,24)/b22-14+. The summed E-state index contributed by atoms with van der Waals surface area (Å²) in [4.78, 5) is 12.4. The summed E-state index contributed by atoms with van der Waals surface area (Å²) in [6.07, 6.45) is 0. The number of fused-ring (bicyclic) bond motifs is 1. The van der Waals surface area contributed by atoms with Gasteiger partial charge in [-0.3, -0.25) is 4.79 Å². The molecule has 1 N–H and O–H groups in total. The van der Waals surface area contributed by atoms with Crippen LogP contribution in [0.1, 0.15) is 22.8 Å². The number of rotatable bonds is 5. The number of ether oxygens (including phenoxy) is 2. The smallest absolute Gasteiger partial charge is 0.271 e. The van der Waals surface area contributed by atoms with Crippen LogP contribution in [0.5, 0.6) is 11.5 Å². The second-order valence-electron chi connectivity index (χ2n) is 5.73. The van der Waals surface area contributed by atoms with Crippen molar-refractivity contribution in [2.75, 3.05) is 14.2 Å². The number of hydrazone groups is 1. The zero-order chi connectivity index (χ0) is 18.5. The number of hydrogen-bond acceptors (Lipinski definition) is 4. The van der Waals surface area contributed by atoms with E-state index in [1.54, 1.807) is 25.3 Å². The zero-order valence-corrected chi connectivity index (χ0v) is 14.9. The van der Waals surface area contributed by atoms with E-state index >= 15 is 0 Å². The van der Waals surface area contributed by atoms with Gasteiger partial charge in [0.15, 0.2) is 11.5 Å². The largest absolute Gasteiger partial charge is 0.493 e. The zero-order valence-electron chi connectivity index (χ0n) is 14.9. The van der Waals surface area contributed by atoms with Crippen LogP contribution in [-0.4, -0.2) is 25.8 Å². The molecule has 0 heterocycles. The molecule has 1 amide bonds. The molecular formula is C21H20N2O3.